The summed E-state index contributed by atoms with van der Waals surface area (Å²) in [7, 11) is 0. The van der Waals surface area contributed by atoms with Gasteiger partial charge < -0.3 is 10.2 Å². The van der Waals surface area contributed by atoms with E-state index in [1.54, 1.807) is 9.42 Å². The van der Waals surface area contributed by atoms with Crippen LogP contribution in [-0.4, -0.2) is 50.4 Å². The number of carbonyl (C=O) groups excluding carboxylic acids is 2. The van der Waals surface area contributed by atoms with Gasteiger partial charge in [-0.3, -0.25) is 9.59 Å². The van der Waals surface area contributed by atoms with E-state index in [2.05, 4.69) is 15.4 Å². The third kappa shape index (κ3) is 3.13. The molecule has 3 aromatic rings. The lowest BCUT2D eigenvalue weighted by molar-refractivity contribution is -0.127. The summed E-state index contributed by atoms with van der Waals surface area (Å²) in [5.41, 5.74) is 4.40. The van der Waals surface area contributed by atoms with Crippen molar-refractivity contribution in [3.63, 3.8) is 0 Å². The zero-order valence-electron chi connectivity index (χ0n) is 16.3. The van der Waals surface area contributed by atoms with Crippen molar-refractivity contribution in [3.8, 4) is 0 Å². The molecule has 1 saturated heterocycles. The van der Waals surface area contributed by atoms with Gasteiger partial charge in [-0.05, 0) is 32.4 Å². The lowest BCUT2D eigenvalue weighted by Crippen LogP contribution is -2.58. The van der Waals surface area contributed by atoms with Crippen LogP contribution < -0.4 is 5.32 Å². The molecular formula is C21H23N5O2. The van der Waals surface area contributed by atoms with Gasteiger partial charge in [0.05, 0.1) is 5.69 Å². The van der Waals surface area contributed by atoms with Crippen molar-refractivity contribution >= 4 is 17.5 Å². The molecule has 28 heavy (non-hydrogen) atoms. The Morgan fingerprint density at radius 2 is 1.96 bits per heavy atom. The fraction of sp³-hybridized carbons (Fsp3) is 0.333. The van der Waals surface area contributed by atoms with Crippen LogP contribution in [0.15, 0.2) is 36.4 Å². The lowest BCUT2D eigenvalue weighted by Gasteiger charge is -2.35. The van der Waals surface area contributed by atoms with Crippen LogP contribution in [0.5, 0.6) is 0 Å². The van der Waals surface area contributed by atoms with Crippen LogP contribution in [0.4, 0.5) is 0 Å². The molecule has 1 fully saturated rings. The maximum atomic E-state index is 13.5. The average molecular weight is 377 g/mol. The molecule has 2 amide bonds. The highest BCUT2D eigenvalue weighted by Gasteiger charge is 2.35. The van der Waals surface area contributed by atoms with Gasteiger partial charge in [0, 0.05) is 30.9 Å². The number of carbonyl (C=O) groups is 2. The fourth-order valence-corrected chi connectivity index (χ4v) is 3.82. The van der Waals surface area contributed by atoms with Gasteiger partial charge in [-0.2, -0.15) is 5.10 Å². The van der Waals surface area contributed by atoms with Crippen molar-refractivity contribution in [1.29, 1.82) is 0 Å². The van der Waals surface area contributed by atoms with Crippen molar-refractivity contribution in [1.82, 2.24) is 24.8 Å². The van der Waals surface area contributed by atoms with Gasteiger partial charge in [0.15, 0.2) is 5.65 Å². The molecule has 0 aliphatic carbocycles. The van der Waals surface area contributed by atoms with E-state index >= 15 is 0 Å². The Morgan fingerprint density at radius 1 is 1.21 bits per heavy atom. The van der Waals surface area contributed by atoms with E-state index in [0.717, 1.165) is 17.0 Å². The van der Waals surface area contributed by atoms with Crippen LogP contribution in [0.2, 0.25) is 0 Å². The van der Waals surface area contributed by atoms with E-state index in [-0.39, 0.29) is 11.8 Å². The monoisotopic (exact) mass is 377 g/mol. The molecule has 0 saturated carbocycles. The first-order valence-corrected chi connectivity index (χ1v) is 9.42. The fourth-order valence-electron chi connectivity index (χ4n) is 3.82. The molecule has 144 valence electrons. The number of benzene rings is 1. The smallest absolute Gasteiger partial charge is 0.260 e. The average Bonchev–Trinajstić information content (AvgIpc) is 3.00. The number of amides is 2. The van der Waals surface area contributed by atoms with Gasteiger partial charge in [0.25, 0.3) is 5.91 Å². The number of rotatable bonds is 3. The molecule has 4 rings (SSSR count). The molecule has 7 heteroatoms. The van der Waals surface area contributed by atoms with Gasteiger partial charge in [-0.25, -0.2) is 9.50 Å². The highest BCUT2D eigenvalue weighted by atomic mass is 16.2. The van der Waals surface area contributed by atoms with Crippen LogP contribution in [0.25, 0.3) is 5.65 Å². The number of nitrogens with one attached hydrogen (secondary N) is 1. The zero-order valence-corrected chi connectivity index (χ0v) is 16.3. The van der Waals surface area contributed by atoms with Crippen LogP contribution in [0.1, 0.15) is 33.0 Å². The summed E-state index contributed by atoms with van der Waals surface area (Å²) in [6.07, 6.45) is 0.474. The number of hydrogen-bond donors (Lipinski definition) is 1. The van der Waals surface area contributed by atoms with Crippen molar-refractivity contribution < 1.29 is 9.59 Å². The lowest BCUT2D eigenvalue weighted by atomic mass is 10.0. The molecule has 7 nitrogen and oxygen atoms in total. The van der Waals surface area contributed by atoms with Crippen LogP contribution in [0, 0.1) is 20.8 Å². The van der Waals surface area contributed by atoms with E-state index in [0.29, 0.717) is 36.4 Å². The highest BCUT2D eigenvalue weighted by molar-refractivity contribution is 6.03. The van der Waals surface area contributed by atoms with Crippen molar-refractivity contribution in [2.45, 2.75) is 33.2 Å². The number of hydrogen-bond acceptors (Lipinski definition) is 4. The molecular weight excluding hydrogens is 354 g/mol. The van der Waals surface area contributed by atoms with Crippen LogP contribution in [0.3, 0.4) is 0 Å². The highest BCUT2D eigenvalue weighted by Crippen LogP contribution is 2.21. The number of piperazine rings is 1. The molecule has 0 radical (unpaired) electrons. The Labute approximate surface area is 163 Å². The third-order valence-electron chi connectivity index (χ3n) is 5.15. The SMILES string of the molecule is Cc1cc(C)n2nc(C)c(C(=O)N3CCNC(=O)C3Cc3ccccc3)c2n1. The molecule has 1 atom stereocenters. The second-order valence-electron chi connectivity index (χ2n) is 7.23. The second-order valence-corrected chi connectivity index (χ2v) is 7.23. The maximum Gasteiger partial charge on any atom is 0.260 e. The summed E-state index contributed by atoms with van der Waals surface area (Å²) in [5, 5.41) is 7.39. The Bertz CT molecular complexity index is 1060. The Hall–Kier alpha value is -3.22. The van der Waals surface area contributed by atoms with Gasteiger partial charge in [-0.15, -0.1) is 0 Å². The van der Waals surface area contributed by atoms with Gasteiger partial charge >= 0.3 is 0 Å². The standard InChI is InChI=1S/C21H23N5O2/c1-13-11-14(2)26-19(23-13)18(15(3)24-26)21(28)25-10-9-22-20(27)17(25)12-16-7-5-4-6-8-16/h4-8,11,17H,9-10,12H2,1-3H3,(H,22,27). The maximum absolute atomic E-state index is 13.5. The number of nitrogens with zero attached hydrogens (tertiary/aromatic N) is 4. The van der Waals surface area contributed by atoms with E-state index < -0.39 is 6.04 Å². The molecule has 1 aliphatic heterocycles. The second kappa shape index (κ2) is 7.07. The van der Waals surface area contributed by atoms with Crippen LogP contribution >= 0.6 is 0 Å². The quantitative estimate of drug-likeness (QED) is 0.755. The predicted molar refractivity (Wildman–Crippen MR) is 105 cm³/mol. The number of fused-ring (bicyclic) bond motifs is 1. The summed E-state index contributed by atoms with van der Waals surface area (Å²) in [5.74, 6) is -0.321. The number of aromatic nitrogens is 3. The number of aryl methyl sites for hydroxylation is 3. The van der Waals surface area contributed by atoms with E-state index in [4.69, 9.17) is 0 Å². The molecule has 1 unspecified atom stereocenters. The molecule has 0 spiro atoms. The minimum absolute atomic E-state index is 0.127. The topological polar surface area (TPSA) is 79.6 Å². The summed E-state index contributed by atoms with van der Waals surface area (Å²) >= 11 is 0. The summed E-state index contributed by atoms with van der Waals surface area (Å²) in [4.78, 5) is 32.3. The van der Waals surface area contributed by atoms with Gasteiger partial charge in [0.2, 0.25) is 5.91 Å². The first-order valence-electron chi connectivity index (χ1n) is 9.42. The first-order chi connectivity index (χ1) is 13.5. The minimum Gasteiger partial charge on any atom is -0.353 e. The first kappa shape index (κ1) is 18.2. The van der Waals surface area contributed by atoms with Crippen molar-refractivity contribution in [3.05, 3.63) is 64.6 Å². The third-order valence-corrected chi connectivity index (χ3v) is 5.15. The molecule has 0 bridgehead atoms. The Morgan fingerprint density at radius 3 is 2.71 bits per heavy atom. The van der Waals surface area contributed by atoms with Crippen molar-refractivity contribution in [2.75, 3.05) is 13.1 Å². The molecule has 1 N–H and O–H groups in total. The Kier molecular flexibility index (Phi) is 4.58. The summed E-state index contributed by atoms with van der Waals surface area (Å²) in [6.45, 7) is 6.56. The molecule has 1 aromatic carbocycles. The molecule has 3 heterocycles. The minimum atomic E-state index is -0.552. The largest absolute Gasteiger partial charge is 0.353 e. The molecule has 1 aliphatic rings. The predicted octanol–water partition coefficient (Wildman–Crippen LogP) is 1.84. The van der Waals surface area contributed by atoms with Crippen LogP contribution in [-0.2, 0) is 11.2 Å². The summed E-state index contributed by atoms with van der Waals surface area (Å²) in [6, 6.07) is 11.1. The Balaban J connectivity index is 1.74. The van der Waals surface area contributed by atoms with E-state index in [9.17, 15) is 9.59 Å². The van der Waals surface area contributed by atoms with Gasteiger partial charge in [-0.1, -0.05) is 30.3 Å². The van der Waals surface area contributed by atoms with Gasteiger partial charge in [0.1, 0.15) is 11.6 Å². The normalized spacial score (nSPS) is 17.0. The molecule has 2 aromatic heterocycles. The zero-order chi connectivity index (χ0) is 19.8. The summed E-state index contributed by atoms with van der Waals surface area (Å²) < 4.78 is 1.70. The van der Waals surface area contributed by atoms with Crippen molar-refractivity contribution in [2.24, 2.45) is 0 Å². The van der Waals surface area contributed by atoms with E-state index in [1.807, 2.05) is 57.2 Å². The van der Waals surface area contributed by atoms with E-state index in [1.165, 1.54) is 0 Å².